The first-order chi connectivity index (χ1) is 6.59. The maximum absolute atomic E-state index is 10.8. The lowest BCUT2D eigenvalue weighted by atomic mass is 10.2. The van der Waals surface area contributed by atoms with Crippen LogP contribution in [-0.4, -0.2) is 12.5 Å². The van der Waals surface area contributed by atoms with Gasteiger partial charge in [0.1, 0.15) is 0 Å². The van der Waals surface area contributed by atoms with E-state index in [0.717, 1.165) is 18.0 Å². The molecule has 1 aromatic heterocycles. The lowest BCUT2D eigenvalue weighted by Crippen LogP contribution is -2.18. The second kappa shape index (κ2) is 5.12. The highest BCUT2D eigenvalue weighted by atomic mass is 32.1. The summed E-state index contributed by atoms with van der Waals surface area (Å²) in [5.74, 6) is 0.293. The van der Waals surface area contributed by atoms with Crippen LogP contribution in [0.4, 0.5) is 0 Å². The van der Waals surface area contributed by atoms with Crippen LogP contribution in [0.2, 0.25) is 0 Å². The smallest absolute Gasteiger partial charge is 0.249 e. The largest absolute Gasteiger partial charge is 0.366 e. The Kier molecular flexibility index (Phi) is 4.10. The van der Waals surface area contributed by atoms with E-state index in [1.807, 2.05) is 6.07 Å². The van der Waals surface area contributed by atoms with E-state index in [1.54, 1.807) is 16.7 Å². The summed E-state index contributed by atoms with van der Waals surface area (Å²) in [7, 11) is 0. The molecule has 3 N–H and O–H groups in total. The van der Waals surface area contributed by atoms with Gasteiger partial charge in [0, 0.05) is 16.8 Å². The maximum atomic E-state index is 10.8. The molecule has 0 spiro atoms. The van der Waals surface area contributed by atoms with Crippen LogP contribution >= 0.6 is 11.3 Å². The summed E-state index contributed by atoms with van der Waals surface area (Å²) in [6, 6.07) is 1.85. The molecule has 0 saturated heterocycles. The molecule has 0 radical (unpaired) electrons. The summed E-state index contributed by atoms with van der Waals surface area (Å²) >= 11 is 1.57. The van der Waals surface area contributed by atoms with E-state index in [1.165, 1.54) is 0 Å². The monoisotopic (exact) mass is 212 g/mol. The Morgan fingerprint density at radius 3 is 2.86 bits per heavy atom. The number of hydrogen-bond donors (Lipinski definition) is 2. The molecule has 4 heteroatoms. The number of amides is 1. The van der Waals surface area contributed by atoms with Gasteiger partial charge < -0.3 is 11.1 Å². The number of carbonyl (C=O) groups is 1. The Balaban J connectivity index is 2.40. The van der Waals surface area contributed by atoms with E-state index < -0.39 is 0 Å². The zero-order valence-electron chi connectivity index (χ0n) is 8.54. The maximum Gasteiger partial charge on any atom is 0.249 e. The molecule has 1 rings (SSSR count). The number of rotatable bonds is 5. The Morgan fingerprint density at radius 1 is 1.64 bits per heavy atom. The summed E-state index contributed by atoms with van der Waals surface area (Å²) in [6.45, 7) is 6.13. The number of thiophene rings is 1. The topological polar surface area (TPSA) is 55.1 Å². The first-order valence-electron chi connectivity index (χ1n) is 4.67. The van der Waals surface area contributed by atoms with E-state index >= 15 is 0 Å². The molecule has 1 amide bonds. The predicted molar refractivity (Wildman–Crippen MR) is 59.4 cm³/mol. The van der Waals surface area contributed by atoms with Gasteiger partial charge in [0.2, 0.25) is 5.91 Å². The van der Waals surface area contributed by atoms with Crippen LogP contribution in [-0.2, 0) is 6.54 Å². The molecule has 0 bridgehead atoms. The van der Waals surface area contributed by atoms with Crippen molar-refractivity contribution in [3.8, 4) is 0 Å². The zero-order valence-corrected chi connectivity index (χ0v) is 9.36. The minimum absolute atomic E-state index is 0.351. The van der Waals surface area contributed by atoms with Gasteiger partial charge in [0.25, 0.3) is 0 Å². The Labute approximate surface area is 88.3 Å². The van der Waals surface area contributed by atoms with Crippen molar-refractivity contribution < 1.29 is 4.79 Å². The van der Waals surface area contributed by atoms with Crippen molar-refractivity contribution in [1.29, 1.82) is 0 Å². The van der Waals surface area contributed by atoms with E-state index in [9.17, 15) is 4.79 Å². The van der Waals surface area contributed by atoms with Gasteiger partial charge in [0.15, 0.2) is 0 Å². The van der Waals surface area contributed by atoms with E-state index in [2.05, 4.69) is 19.2 Å². The van der Waals surface area contributed by atoms with Crippen LogP contribution in [0, 0.1) is 5.92 Å². The van der Waals surface area contributed by atoms with Crippen molar-refractivity contribution >= 4 is 17.2 Å². The number of nitrogens with one attached hydrogen (secondary N) is 1. The van der Waals surface area contributed by atoms with Crippen LogP contribution in [0.25, 0.3) is 0 Å². The molecule has 3 nitrogen and oxygen atoms in total. The van der Waals surface area contributed by atoms with Crippen LogP contribution in [0.5, 0.6) is 0 Å². The average molecular weight is 212 g/mol. The molecule has 0 aliphatic carbocycles. The van der Waals surface area contributed by atoms with Crippen molar-refractivity contribution in [2.24, 2.45) is 11.7 Å². The fourth-order valence-electron chi connectivity index (χ4n) is 1.09. The van der Waals surface area contributed by atoms with Gasteiger partial charge in [-0.1, -0.05) is 13.8 Å². The highest BCUT2D eigenvalue weighted by Crippen LogP contribution is 2.13. The highest BCUT2D eigenvalue weighted by Gasteiger charge is 2.04. The van der Waals surface area contributed by atoms with Crippen molar-refractivity contribution in [2.75, 3.05) is 6.54 Å². The Hall–Kier alpha value is -0.870. The first kappa shape index (κ1) is 11.2. The van der Waals surface area contributed by atoms with E-state index in [4.69, 9.17) is 5.73 Å². The van der Waals surface area contributed by atoms with Crippen molar-refractivity contribution in [2.45, 2.75) is 20.4 Å². The Bertz CT molecular complexity index is 307. The fourth-order valence-corrected chi connectivity index (χ4v) is 1.93. The van der Waals surface area contributed by atoms with E-state index in [-0.39, 0.29) is 5.91 Å². The zero-order chi connectivity index (χ0) is 10.6. The minimum Gasteiger partial charge on any atom is -0.366 e. The first-order valence-corrected chi connectivity index (χ1v) is 5.55. The van der Waals surface area contributed by atoms with Crippen molar-refractivity contribution in [3.63, 3.8) is 0 Å². The SMILES string of the molecule is CC(C)CNCc1cc(C(N)=O)cs1. The summed E-state index contributed by atoms with van der Waals surface area (Å²) in [4.78, 5) is 12.0. The second-order valence-electron chi connectivity index (χ2n) is 3.69. The standard InChI is InChI=1S/C10H16N2OS/c1-7(2)4-12-5-9-3-8(6-14-9)10(11)13/h3,6-7,12H,4-5H2,1-2H3,(H2,11,13). The van der Waals surface area contributed by atoms with Gasteiger partial charge in [0.05, 0.1) is 5.56 Å². The second-order valence-corrected chi connectivity index (χ2v) is 4.69. The highest BCUT2D eigenvalue weighted by molar-refractivity contribution is 7.10. The number of hydrogen-bond acceptors (Lipinski definition) is 3. The lowest BCUT2D eigenvalue weighted by Gasteiger charge is -2.04. The van der Waals surface area contributed by atoms with Crippen molar-refractivity contribution in [1.82, 2.24) is 5.32 Å². The molecule has 78 valence electrons. The number of carbonyl (C=O) groups excluding carboxylic acids is 1. The van der Waals surface area contributed by atoms with Gasteiger partial charge in [-0.25, -0.2) is 0 Å². The molecular formula is C10H16N2OS. The summed E-state index contributed by atoms with van der Waals surface area (Å²) < 4.78 is 0. The molecule has 0 fully saturated rings. The molecule has 1 heterocycles. The minimum atomic E-state index is -0.351. The quantitative estimate of drug-likeness (QED) is 0.778. The Morgan fingerprint density at radius 2 is 2.36 bits per heavy atom. The van der Waals surface area contributed by atoms with Gasteiger partial charge in [-0.15, -0.1) is 11.3 Å². The third-order valence-electron chi connectivity index (χ3n) is 1.79. The molecule has 1 aromatic rings. The van der Waals surface area contributed by atoms with Gasteiger partial charge in [-0.05, 0) is 18.5 Å². The normalized spacial score (nSPS) is 10.8. The van der Waals surface area contributed by atoms with Crippen molar-refractivity contribution in [3.05, 3.63) is 21.9 Å². The number of primary amides is 1. The summed E-state index contributed by atoms with van der Waals surface area (Å²) in [5, 5.41) is 5.11. The molecule has 0 atom stereocenters. The summed E-state index contributed by atoms with van der Waals surface area (Å²) in [5.41, 5.74) is 5.76. The van der Waals surface area contributed by atoms with Gasteiger partial charge >= 0.3 is 0 Å². The molecule has 0 unspecified atom stereocenters. The molecular weight excluding hydrogens is 196 g/mol. The molecule has 14 heavy (non-hydrogen) atoms. The third kappa shape index (κ3) is 3.47. The average Bonchev–Trinajstić information content (AvgIpc) is 2.52. The van der Waals surface area contributed by atoms with Crippen LogP contribution in [0.15, 0.2) is 11.4 Å². The third-order valence-corrected chi connectivity index (χ3v) is 2.73. The molecule has 0 aromatic carbocycles. The van der Waals surface area contributed by atoms with Crippen LogP contribution in [0.1, 0.15) is 29.1 Å². The number of nitrogens with two attached hydrogens (primary N) is 1. The predicted octanol–water partition coefficient (Wildman–Crippen LogP) is 1.59. The van der Waals surface area contributed by atoms with Crippen LogP contribution in [0.3, 0.4) is 0 Å². The summed E-state index contributed by atoms with van der Waals surface area (Å²) in [6.07, 6.45) is 0. The lowest BCUT2D eigenvalue weighted by molar-refractivity contribution is 0.100. The van der Waals surface area contributed by atoms with Crippen LogP contribution < -0.4 is 11.1 Å². The van der Waals surface area contributed by atoms with E-state index in [0.29, 0.717) is 11.5 Å². The molecule has 0 saturated carbocycles. The fraction of sp³-hybridized carbons (Fsp3) is 0.500. The molecule has 0 aliphatic heterocycles. The van der Waals surface area contributed by atoms with Gasteiger partial charge in [-0.2, -0.15) is 0 Å². The molecule has 0 aliphatic rings. The van der Waals surface area contributed by atoms with Gasteiger partial charge in [-0.3, -0.25) is 4.79 Å².